The van der Waals surface area contributed by atoms with Crippen LogP contribution in [0.25, 0.3) is 0 Å². The molecule has 88 valence electrons. The molecule has 0 aliphatic carbocycles. The van der Waals surface area contributed by atoms with Gasteiger partial charge in [-0.3, -0.25) is 0 Å². The molecule has 0 spiro atoms. The third-order valence-electron chi connectivity index (χ3n) is 2.84. The maximum absolute atomic E-state index is 6.03. The molecule has 1 aliphatic heterocycles. The van der Waals surface area contributed by atoms with Crippen molar-refractivity contribution in [3.63, 3.8) is 0 Å². The Morgan fingerprint density at radius 3 is 3.00 bits per heavy atom. The van der Waals surface area contributed by atoms with E-state index in [-0.39, 0.29) is 6.04 Å². The lowest BCUT2D eigenvalue weighted by Gasteiger charge is -2.18. The standard InChI is InChI=1S/C12H16ClNO2/c13-10-3-1-2-4-12(10)16-8-11(14)9-5-6-15-7-9/h1-4,9,11H,5-8,14H2. The summed E-state index contributed by atoms with van der Waals surface area (Å²) >= 11 is 5.98. The summed E-state index contributed by atoms with van der Waals surface area (Å²) in [6.45, 7) is 2.04. The van der Waals surface area contributed by atoms with Crippen LogP contribution in [0.1, 0.15) is 6.42 Å². The monoisotopic (exact) mass is 241 g/mol. The molecule has 3 nitrogen and oxygen atoms in total. The van der Waals surface area contributed by atoms with E-state index in [1.807, 2.05) is 18.2 Å². The number of benzene rings is 1. The van der Waals surface area contributed by atoms with Crippen LogP contribution in [0.2, 0.25) is 5.02 Å². The SMILES string of the molecule is NC(COc1ccccc1Cl)C1CCOC1. The molecule has 2 atom stereocenters. The molecule has 4 heteroatoms. The Labute approximate surface area is 100 Å². The van der Waals surface area contributed by atoms with E-state index in [4.69, 9.17) is 26.8 Å². The van der Waals surface area contributed by atoms with Gasteiger partial charge in [-0.05, 0) is 18.6 Å². The highest BCUT2D eigenvalue weighted by Gasteiger charge is 2.23. The van der Waals surface area contributed by atoms with Gasteiger partial charge in [0.25, 0.3) is 0 Å². The van der Waals surface area contributed by atoms with Crippen LogP contribution in [0.4, 0.5) is 0 Å². The zero-order chi connectivity index (χ0) is 11.4. The third-order valence-corrected chi connectivity index (χ3v) is 3.15. The number of hydrogen-bond acceptors (Lipinski definition) is 3. The number of rotatable bonds is 4. The van der Waals surface area contributed by atoms with Crippen molar-refractivity contribution >= 4 is 11.6 Å². The zero-order valence-corrected chi connectivity index (χ0v) is 9.82. The van der Waals surface area contributed by atoms with Crippen LogP contribution in [0.15, 0.2) is 24.3 Å². The van der Waals surface area contributed by atoms with Crippen LogP contribution in [-0.2, 0) is 4.74 Å². The summed E-state index contributed by atoms with van der Waals surface area (Å²) in [6.07, 6.45) is 1.02. The summed E-state index contributed by atoms with van der Waals surface area (Å²) in [6, 6.07) is 7.44. The molecule has 16 heavy (non-hydrogen) atoms. The highest BCUT2D eigenvalue weighted by molar-refractivity contribution is 6.32. The molecule has 1 fully saturated rings. The molecule has 0 radical (unpaired) electrons. The molecule has 2 rings (SSSR count). The van der Waals surface area contributed by atoms with Gasteiger partial charge < -0.3 is 15.2 Å². The van der Waals surface area contributed by atoms with Crippen molar-refractivity contribution in [3.05, 3.63) is 29.3 Å². The minimum absolute atomic E-state index is 0.0128. The van der Waals surface area contributed by atoms with Crippen LogP contribution in [-0.4, -0.2) is 25.9 Å². The number of halogens is 1. The number of para-hydroxylation sites is 1. The molecule has 0 amide bonds. The summed E-state index contributed by atoms with van der Waals surface area (Å²) in [5.74, 6) is 1.10. The zero-order valence-electron chi connectivity index (χ0n) is 9.06. The number of nitrogens with two attached hydrogens (primary N) is 1. The maximum Gasteiger partial charge on any atom is 0.137 e. The van der Waals surface area contributed by atoms with Gasteiger partial charge in [0, 0.05) is 18.6 Å². The largest absolute Gasteiger partial charge is 0.490 e. The predicted octanol–water partition coefficient (Wildman–Crippen LogP) is 2.08. The van der Waals surface area contributed by atoms with Gasteiger partial charge >= 0.3 is 0 Å². The van der Waals surface area contributed by atoms with Crippen molar-refractivity contribution in [1.82, 2.24) is 0 Å². The van der Waals surface area contributed by atoms with E-state index in [1.165, 1.54) is 0 Å². The molecule has 0 saturated carbocycles. The summed E-state index contributed by atoms with van der Waals surface area (Å²) in [4.78, 5) is 0. The summed E-state index contributed by atoms with van der Waals surface area (Å²) in [5, 5.41) is 0.623. The van der Waals surface area contributed by atoms with Crippen molar-refractivity contribution in [1.29, 1.82) is 0 Å². The molecule has 0 aromatic heterocycles. The molecule has 1 aliphatic rings. The van der Waals surface area contributed by atoms with E-state index in [0.717, 1.165) is 19.6 Å². The van der Waals surface area contributed by atoms with Crippen LogP contribution >= 0.6 is 11.6 Å². The number of ether oxygens (including phenoxy) is 2. The molecule has 1 aromatic rings. The predicted molar refractivity (Wildman–Crippen MR) is 63.8 cm³/mol. The van der Waals surface area contributed by atoms with Gasteiger partial charge in [0.1, 0.15) is 12.4 Å². The van der Waals surface area contributed by atoms with Gasteiger partial charge in [0.05, 0.1) is 11.6 Å². The van der Waals surface area contributed by atoms with Crippen LogP contribution < -0.4 is 10.5 Å². The molecule has 1 saturated heterocycles. The Bertz CT molecular complexity index is 340. The lowest BCUT2D eigenvalue weighted by atomic mass is 10.0. The normalized spacial score (nSPS) is 22.0. The lowest BCUT2D eigenvalue weighted by molar-refractivity contribution is 0.170. The highest BCUT2D eigenvalue weighted by atomic mass is 35.5. The van der Waals surface area contributed by atoms with Gasteiger partial charge in [-0.15, -0.1) is 0 Å². The second-order valence-corrected chi connectivity index (χ2v) is 4.44. The minimum Gasteiger partial charge on any atom is -0.490 e. The van der Waals surface area contributed by atoms with E-state index < -0.39 is 0 Å². The van der Waals surface area contributed by atoms with E-state index >= 15 is 0 Å². The van der Waals surface area contributed by atoms with Crippen molar-refractivity contribution in [2.45, 2.75) is 12.5 Å². The molecular weight excluding hydrogens is 226 g/mol. The van der Waals surface area contributed by atoms with Gasteiger partial charge in [-0.2, -0.15) is 0 Å². The topological polar surface area (TPSA) is 44.5 Å². The first kappa shape index (κ1) is 11.7. The molecule has 2 unspecified atom stereocenters. The van der Waals surface area contributed by atoms with Crippen LogP contribution in [0.5, 0.6) is 5.75 Å². The Hall–Kier alpha value is -0.770. The van der Waals surface area contributed by atoms with Crippen molar-refractivity contribution < 1.29 is 9.47 Å². The van der Waals surface area contributed by atoms with Gasteiger partial charge in [0.2, 0.25) is 0 Å². The quantitative estimate of drug-likeness (QED) is 0.878. The van der Waals surface area contributed by atoms with Crippen LogP contribution in [0.3, 0.4) is 0 Å². The maximum atomic E-state index is 6.03. The second-order valence-electron chi connectivity index (χ2n) is 4.03. The minimum atomic E-state index is 0.0128. The molecular formula is C12H16ClNO2. The molecule has 1 aromatic carbocycles. The highest BCUT2D eigenvalue weighted by Crippen LogP contribution is 2.24. The third kappa shape index (κ3) is 2.88. The van der Waals surface area contributed by atoms with Gasteiger partial charge in [-0.25, -0.2) is 0 Å². The smallest absolute Gasteiger partial charge is 0.137 e. The Morgan fingerprint density at radius 2 is 2.31 bits per heavy atom. The molecule has 1 heterocycles. The fraction of sp³-hybridized carbons (Fsp3) is 0.500. The number of hydrogen-bond donors (Lipinski definition) is 1. The van der Waals surface area contributed by atoms with E-state index in [0.29, 0.717) is 23.3 Å². The van der Waals surface area contributed by atoms with Crippen LogP contribution in [0, 0.1) is 5.92 Å². The van der Waals surface area contributed by atoms with Crippen molar-refractivity contribution in [2.24, 2.45) is 11.7 Å². The van der Waals surface area contributed by atoms with Gasteiger partial charge in [-0.1, -0.05) is 23.7 Å². The van der Waals surface area contributed by atoms with Crippen molar-refractivity contribution in [2.75, 3.05) is 19.8 Å². The first-order valence-electron chi connectivity index (χ1n) is 5.48. The van der Waals surface area contributed by atoms with Crippen molar-refractivity contribution in [3.8, 4) is 5.75 Å². The Kier molecular flexibility index (Phi) is 4.04. The Morgan fingerprint density at radius 1 is 1.50 bits per heavy atom. The van der Waals surface area contributed by atoms with E-state index in [9.17, 15) is 0 Å². The van der Waals surface area contributed by atoms with E-state index in [2.05, 4.69) is 0 Å². The first-order valence-corrected chi connectivity index (χ1v) is 5.86. The molecule has 0 bridgehead atoms. The van der Waals surface area contributed by atoms with Gasteiger partial charge in [0.15, 0.2) is 0 Å². The van der Waals surface area contributed by atoms with E-state index in [1.54, 1.807) is 6.07 Å². The fourth-order valence-corrected chi connectivity index (χ4v) is 1.96. The summed E-state index contributed by atoms with van der Waals surface area (Å²) in [5.41, 5.74) is 6.03. The first-order chi connectivity index (χ1) is 7.77. The average Bonchev–Trinajstić information content (AvgIpc) is 2.81. The summed E-state index contributed by atoms with van der Waals surface area (Å²) in [7, 11) is 0. The Balaban J connectivity index is 1.84. The summed E-state index contributed by atoms with van der Waals surface area (Å²) < 4.78 is 10.9. The lowest BCUT2D eigenvalue weighted by Crippen LogP contribution is -2.36. The fourth-order valence-electron chi connectivity index (χ4n) is 1.77. The molecule has 2 N–H and O–H groups in total. The average molecular weight is 242 g/mol. The second kappa shape index (κ2) is 5.53.